The van der Waals surface area contributed by atoms with Crippen molar-refractivity contribution in [2.24, 2.45) is 0 Å². The lowest BCUT2D eigenvalue weighted by atomic mass is 9.96. The quantitative estimate of drug-likeness (QED) is 0.373. The van der Waals surface area contributed by atoms with E-state index < -0.39 is 23.5 Å². The van der Waals surface area contributed by atoms with Crippen LogP contribution in [0, 0.1) is 5.82 Å². The third-order valence-corrected chi connectivity index (χ3v) is 5.21. The average molecular weight is 434 g/mol. The first-order chi connectivity index (χ1) is 15.5. The van der Waals surface area contributed by atoms with Gasteiger partial charge < -0.3 is 14.6 Å². The maximum absolute atomic E-state index is 13.5. The first kappa shape index (κ1) is 21.0. The predicted molar refractivity (Wildman–Crippen MR) is 115 cm³/mol. The molecule has 1 aromatic heterocycles. The van der Waals surface area contributed by atoms with Gasteiger partial charge in [-0.3, -0.25) is 19.5 Å². The third-order valence-electron chi connectivity index (χ3n) is 5.21. The first-order valence-electron chi connectivity index (χ1n) is 9.65. The van der Waals surface area contributed by atoms with Crippen LogP contribution >= 0.6 is 0 Å². The number of aromatic nitrogens is 1. The molecule has 0 spiro atoms. The molecule has 1 amide bonds. The SMILES string of the molecule is COc1ccc(/C(O)=C2/C(=O)C(=O)N(c3ccc(F)cc3)C2c2cccnc2)cc1OC. The fourth-order valence-corrected chi connectivity index (χ4v) is 3.69. The van der Waals surface area contributed by atoms with Crippen molar-refractivity contribution in [3.05, 3.63) is 89.5 Å². The Morgan fingerprint density at radius 3 is 2.38 bits per heavy atom. The number of Topliss-reactive ketones (excluding diaryl/α,β-unsaturated/α-hetero) is 1. The van der Waals surface area contributed by atoms with E-state index >= 15 is 0 Å². The van der Waals surface area contributed by atoms with Gasteiger partial charge in [-0.25, -0.2) is 4.39 Å². The summed E-state index contributed by atoms with van der Waals surface area (Å²) in [6.45, 7) is 0. The summed E-state index contributed by atoms with van der Waals surface area (Å²) in [5.74, 6) is -1.76. The third kappa shape index (κ3) is 3.56. The van der Waals surface area contributed by atoms with Crippen molar-refractivity contribution in [3.63, 3.8) is 0 Å². The highest BCUT2D eigenvalue weighted by Gasteiger charge is 2.47. The van der Waals surface area contributed by atoms with Gasteiger partial charge in [-0.15, -0.1) is 0 Å². The molecular weight excluding hydrogens is 415 g/mol. The number of pyridine rings is 1. The molecule has 0 aliphatic carbocycles. The van der Waals surface area contributed by atoms with Crippen LogP contribution in [0.5, 0.6) is 11.5 Å². The highest BCUT2D eigenvalue weighted by molar-refractivity contribution is 6.51. The first-order valence-corrected chi connectivity index (χ1v) is 9.65. The van der Waals surface area contributed by atoms with E-state index in [1.165, 1.54) is 55.6 Å². The molecule has 2 heterocycles. The highest BCUT2D eigenvalue weighted by atomic mass is 19.1. The number of ketones is 1. The van der Waals surface area contributed by atoms with Crippen molar-refractivity contribution in [3.8, 4) is 11.5 Å². The predicted octanol–water partition coefficient (Wildman–Crippen LogP) is 3.86. The van der Waals surface area contributed by atoms with Crippen molar-refractivity contribution in [1.82, 2.24) is 4.98 Å². The molecule has 1 saturated heterocycles. The number of carbonyl (C=O) groups excluding carboxylic acids is 2. The number of hydrogen-bond donors (Lipinski definition) is 1. The standard InChI is InChI=1S/C24H19FN2O5/c1-31-18-10-5-14(12-19(18)32-2)22(28)20-21(15-4-3-11-26-13-15)27(24(30)23(20)29)17-8-6-16(25)7-9-17/h3-13,21,28H,1-2H3/b22-20-. The average Bonchev–Trinajstić information content (AvgIpc) is 3.09. The van der Waals surface area contributed by atoms with Crippen LogP contribution in [0.15, 0.2) is 72.6 Å². The van der Waals surface area contributed by atoms with Crippen molar-refractivity contribution in [1.29, 1.82) is 0 Å². The number of anilines is 1. The van der Waals surface area contributed by atoms with E-state index in [0.717, 1.165) is 0 Å². The number of benzene rings is 2. The number of amides is 1. The van der Waals surface area contributed by atoms with Crippen LogP contribution in [0.2, 0.25) is 0 Å². The Labute approximate surface area is 183 Å². The number of aliphatic hydroxyl groups excluding tert-OH is 1. The van der Waals surface area contributed by atoms with E-state index in [9.17, 15) is 19.1 Å². The summed E-state index contributed by atoms with van der Waals surface area (Å²) in [5.41, 5.74) is 0.986. The molecule has 7 nitrogen and oxygen atoms in total. The summed E-state index contributed by atoms with van der Waals surface area (Å²) in [6.07, 6.45) is 3.07. The molecule has 8 heteroatoms. The van der Waals surface area contributed by atoms with Gasteiger partial charge >= 0.3 is 0 Å². The second-order valence-corrected chi connectivity index (χ2v) is 7.00. The molecule has 32 heavy (non-hydrogen) atoms. The van der Waals surface area contributed by atoms with Gasteiger partial charge in [0.05, 0.1) is 25.8 Å². The van der Waals surface area contributed by atoms with Gasteiger partial charge in [0.25, 0.3) is 11.7 Å². The minimum absolute atomic E-state index is 0.112. The number of halogens is 1. The monoisotopic (exact) mass is 434 g/mol. The highest BCUT2D eigenvalue weighted by Crippen LogP contribution is 2.42. The molecule has 0 radical (unpaired) electrons. The normalized spacial score (nSPS) is 17.5. The molecule has 4 rings (SSSR count). The van der Waals surface area contributed by atoms with Crippen LogP contribution in [0.4, 0.5) is 10.1 Å². The van der Waals surface area contributed by atoms with Crippen LogP contribution in [0.1, 0.15) is 17.2 Å². The number of ether oxygens (including phenoxy) is 2. The van der Waals surface area contributed by atoms with Crippen molar-refractivity contribution in [2.75, 3.05) is 19.1 Å². The van der Waals surface area contributed by atoms with Crippen LogP contribution in [-0.2, 0) is 9.59 Å². The van der Waals surface area contributed by atoms with Crippen molar-refractivity contribution in [2.45, 2.75) is 6.04 Å². The summed E-state index contributed by atoms with van der Waals surface area (Å²) >= 11 is 0. The smallest absolute Gasteiger partial charge is 0.300 e. The molecule has 0 bridgehead atoms. The Balaban J connectivity index is 1.92. The van der Waals surface area contributed by atoms with Crippen LogP contribution in [0.25, 0.3) is 5.76 Å². The zero-order valence-electron chi connectivity index (χ0n) is 17.3. The number of carbonyl (C=O) groups is 2. The molecule has 3 aromatic rings. The number of methoxy groups -OCH3 is 2. The Morgan fingerprint density at radius 2 is 1.75 bits per heavy atom. The summed E-state index contributed by atoms with van der Waals surface area (Å²) in [4.78, 5) is 31.4. The van der Waals surface area contributed by atoms with Gasteiger partial charge in [-0.1, -0.05) is 6.07 Å². The van der Waals surface area contributed by atoms with E-state index in [4.69, 9.17) is 9.47 Å². The van der Waals surface area contributed by atoms with Crippen molar-refractivity contribution >= 4 is 23.1 Å². The van der Waals surface area contributed by atoms with E-state index in [2.05, 4.69) is 4.98 Å². The van der Waals surface area contributed by atoms with Gasteiger partial charge in [0.1, 0.15) is 11.6 Å². The maximum Gasteiger partial charge on any atom is 0.300 e. The molecule has 1 N–H and O–H groups in total. The van der Waals surface area contributed by atoms with E-state index in [-0.39, 0.29) is 16.9 Å². The summed E-state index contributed by atoms with van der Waals surface area (Å²) in [7, 11) is 2.93. The van der Waals surface area contributed by atoms with Crippen LogP contribution in [-0.4, -0.2) is 36.0 Å². The molecule has 2 aromatic carbocycles. The van der Waals surface area contributed by atoms with Crippen LogP contribution in [0.3, 0.4) is 0 Å². The number of hydrogen-bond acceptors (Lipinski definition) is 6. The van der Waals surface area contributed by atoms with Gasteiger partial charge in [0.2, 0.25) is 0 Å². The van der Waals surface area contributed by atoms with Crippen molar-refractivity contribution < 1.29 is 28.6 Å². The summed E-state index contributed by atoms with van der Waals surface area (Å²) in [6, 6.07) is 12.3. The van der Waals surface area contributed by atoms with E-state index in [0.29, 0.717) is 22.7 Å². The lowest BCUT2D eigenvalue weighted by Crippen LogP contribution is -2.29. The lowest BCUT2D eigenvalue weighted by molar-refractivity contribution is -0.132. The topological polar surface area (TPSA) is 89.0 Å². The largest absolute Gasteiger partial charge is 0.507 e. The number of nitrogens with zero attached hydrogens (tertiary/aromatic N) is 2. The summed E-state index contributed by atoms with van der Waals surface area (Å²) in [5, 5.41) is 11.1. The fourth-order valence-electron chi connectivity index (χ4n) is 3.69. The zero-order chi connectivity index (χ0) is 22.8. The molecule has 162 valence electrons. The Morgan fingerprint density at radius 1 is 1.03 bits per heavy atom. The maximum atomic E-state index is 13.5. The second-order valence-electron chi connectivity index (χ2n) is 7.00. The molecule has 1 fully saturated rings. The lowest BCUT2D eigenvalue weighted by Gasteiger charge is -2.25. The molecule has 1 aliphatic heterocycles. The van der Waals surface area contributed by atoms with Gasteiger partial charge in [-0.05, 0) is 54.1 Å². The van der Waals surface area contributed by atoms with Gasteiger partial charge in [0, 0.05) is 23.6 Å². The minimum atomic E-state index is -0.956. The number of rotatable bonds is 5. The molecule has 1 aliphatic rings. The molecular formula is C24H19FN2O5. The second kappa shape index (κ2) is 8.50. The Kier molecular flexibility index (Phi) is 5.59. The number of aliphatic hydroxyl groups is 1. The molecule has 1 atom stereocenters. The minimum Gasteiger partial charge on any atom is -0.507 e. The molecule has 1 unspecified atom stereocenters. The van der Waals surface area contributed by atoms with Crippen LogP contribution < -0.4 is 14.4 Å². The zero-order valence-corrected chi connectivity index (χ0v) is 17.3. The fraction of sp³-hybridized carbons (Fsp3) is 0.125. The molecule has 0 saturated carbocycles. The van der Waals surface area contributed by atoms with Gasteiger partial charge in [0.15, 0.2) is 11.5 Å². The van der Waals surface area contributed by atoms with Gasteiger partial charge in [-0.2, -0.15) is 0 Å². The Hall–Kier alpha value is -4.20. The van der Waals surface area contributed by atoms with E-state index in [1.807, 2.05) is 0 Å². The summed E-state index contributed by atoms with van der Waals surface area (Å²) < 4.78 is 24.0. The Bertz CT molecular complexity index is 1210. The van der Waals surface area contributed by atoms with E-state index in [1.54, 1.807) is 30.5 Å².